The minimum atomic E-state index is -0.144. The molecule has 2 saturated heterocycles. The van der Waals surface area contributed by atoms with Crippen molar-refractivity contribution >= 4 is 12.2 Å². The van der Waals surface area contributed by atoms with Crippen molar-refractivity contribution in [1.29, 1.82) is 0 Å². The molecule has 174 valence electrons. The van der Waals surface area contributed by atoms with Crippen LogP contribution in [0.5, 0.6) is 0 Å². The van der Waals surface area contributed by atoms with Gasteiger partial charge in [-0.05, 0) is 44.1 Å². The number of piperidine rings is 1. The van der Waals surface area contributed by atoms with E-state index in [1.807, 2.05) is 0 Å². The van der Waals surface area contributed by atoms with E-state index in [0.717, 1.165) is 56.3 Å². The Hall–Kier alpha value is -1.63. The monoisotopic (exact) mass is 430 g/mol. The van der Waals surface area contributed by atoms with Crippen LogP contribution < -0.4 is 10.7 Å². The van der Waals surface area contributed by atoms with Crippen LogP contribution in [0.3, 0.4) is 0 Å². The molecule has 0 bridgehead atoms. The fraction of sp³-hybridized carbons (Fsp3) is 0.720. The van der Waals surface area contributed by atoms with E-state index in [1.54, 1.807) is 19.1 Å². The van der Waals surface area contributed by atoms with Gasteiger partial charge in [-0.2, -0.15) is 0 Å². The molecule has 0 aliphatic carbocycles. The molecule has 0 saturated carbocycles. The second kappa shape index (κ2) is 12.4. The zero-order valence-electron chi connectivity index (χ0n) is 20.0. The molecule has 3 rings (SSSR count). The van der Waals surface area contributed by atoms with Crippen LogP contribution in [0.15, 0.2) is 18.1 Å². The third kappa shape index (κ3) is 6.43. The highest BCUT2D eigenvalue weighted by molar-refractivity contribution is 5.26. The summed E-state index contributed by atoms with van der Waals surface area (Å²) in [6, 6.07) is 0.437. The van der Waals surface area contributed by atoms with E-state index >= 15 is 0 Å². The Morgan fingerprint density at radius 1 is 1.23 bits per heavy atom. The van der Waals surface area contributed by atoms with Crippen molar-refractivity contribution in [3.05, 3.63) is 28.8 Å². The van der Waals surface area contributed by atoms with Gasteiger partial charge in [-0.3, -0.25) is 4.90 Å². The second-order valence-electron chi connectivity index (χ2n) is 8.72. The minimum Gasteiger partial charge on any atom is -0.375 e. The first-order chi connectivity index (χ1) is 15.2. The number of hydrogen-bond donors (Lipinski definition) is 1. The fourth-order valence-corrected chi connectivity index (χ4v) is 4.98. The number of imidazole rings is 1. The molecule has 0 radical (unpaired) electrons. The smallest absolute Gasteiger partial charge is 0.169 e. The quantitative estimate of drug-likeness (QED) is 0.653. The number of aromatic amines is 1. The number of rotatable bonds is 9. The molecule has 0 aromatic carbocycles. The first-order valence-corrected chi connectivity index (χ1v) is 12.2. The molecule has 1 aromatic heterocycles. The maximum atomic E-state index is 6.04. The van der Waals surface area contributed by atoms with E-state index in [-0.39, 0.29) is 6.29 Å². The number of likely N-dealkylation sites (tertiary alicyclic amines) is 1. The fourth-order valence-electron chi connectivity index (χ4n) is 4.98. The topological polar surface area (TPSA) is 53.6 Å². The number of H-pyrrole nitrogens is 1. The molecule has 6 nitrogen and oxygen atoms in total. The number of ether oxygens (including phenoxy) is 2. The van der Waals surface area contributed by atoms with Crippen LogP contribution in [0.2, 0.25) is 0 Å². The van der Waals surface area contributed by atoms with E-state index in [2.05, 4.69) is 58.8 Å². The van der Waals surface area contributed by atoms with Crippen LogP contribution in [-0.2, 0) is 9.47 Å². The molecule has 31 heavy (non-hydrogen) atoms. The number of nitrogens with one attached hydrogen (secondary N) is 1. The number of nitrogens with zero attached hydrogens (tertiary/aromatic N) is 3. The zero-order chi connectivity index (χ0) is 22.1. The highest BCUT2D eigenvalue weighted by atomic mass is 16.7. The number of methoxy groups -OCH3 is 1. The Balaban J connectivity index is 1.68. The summed E-state index contributed by atoms with van der Waals surface area (Å²) in [6.07, 6.45) is 15.5. The zero-order valence-corrected chi connectivity index (χ0v) is 20.0. The summed E-state index contributed by atoms with van der Waals surface area (Å²) in [6.45, 7) is 11.4. The average Bonchev–Trinajstić information content (AvgIpc) is 3.25. The van der Waals surface area contributed by atoms with Crippen molar-refractivity contribution in [2.45, 2.75) is 71.6 Å². The lowest BCUT2D eigenvalue weighted by molar-refractivity contribution is -0.188. The van der Waals surface area contributed by atoms with Crippen LogP contribution in [0.25, 0.3) is 12.2 Å². The summed E-state index contributed by atoms with van der Waals surface area (Å²) in [7, 11) is 1.74. The highest BCUT2D eigenvalue weighted by Crippen LogP contribution is 2.30. The van der Waals surface area contributed by atoms with Gasteiger partial charge >= 0.3 is 0 Å². The standard InChI is InChI=1S/C25H42N4O2/c1-5-8-21(9-6-2)28-14-11-20(12-15-28)24-18-31-25(30-4)17-29(24)16-13-23-22(10-7-3)26-19-27-23/h8,10,13,19-20,24-25H,5-7,9,11-12,14-18H2,1-4H3,(H,26,27)/b21-8+,22-10+,23-13+/t24-,25?/m1/s1. The van der Waals surface area contributed by atoms with Crippen LogP contribution in [0.1, 0.15) is 59.3 Å². The lowest BCUT2D eigenvalue weighted by atomic mass is 9.87. The number of morpholine rings is 1. The molecule has 2 aliphatic heterocycles. The van der Waals surface area contributed by atoms with Gasteiger partial charge in [0.05, 0.1) is 30.2 Å². The maximum Gasteiger partial charge on any atom is 0.169 e. The Labute approximate surface area is 188 Å². The Morgan fingerprint density at radius 2 is 2.03 bits per heavy atom. The van der Waals surface area contributed by atoms with Crippen molar-refractivity contribution in [2.75, 3.05) is 39.9 Å². The lowest BCUT2D eigenvalue weighted by Gasteiger charge is -2.45. The Bertz CT molecular complexity index is 795. The van der Waals surface area contributed by atoms with E-state index in [9.17, 15) is 0 Å². The first-order valence-electron chi connectivity index (χ1n) is 12.2. The van der Waals surface area contributed by atoms with E-state index < -0.39 is 0 Å². The molecule has 1 N–H and O–H groups in total. The summed E-state index contributed by atoms with van der Waals surface area (Å²) in [5.74, 6) is 0.660. The summed E-state index contributed by atoms with van der Waals surface area (Å²) in [4.78, 5) is 12.9. The highest BCUT2D eigenvalue weighted by Gasteiger charge is 2.35. The van der Waals surface area contributed by atoms with Gasteiger partial charge in [0.1, 0.15) is 0 Å². The molecule has 0 amide bonds. The minimum absolute atomic E-state index is 0.144. The van der Waals surface area contributed by atoms with E-state index in [1.165, 1.54) is 25.7 Å². The molecule has 2 aliphatic rings. The van der Waals surface area contributed by atoms with Gasteiger partial charge in [0, 0.05) is 38.5 Å². The van der Waals surface area contributed by atoms with Gasteiger partial charge in [0.2, 0.25) is 0 Å². The Kier molecular flexibility index (Phi) is 9.62. The normalized spacial score (nSPS) is 25.5. The van der Waals surface area contributed by atoms with Crippen LogP contribution in [0.4, 0.5) is 0 Å². The van der Waals surface area contributed by atoms with Gasteiger partial charge in [-0.1, -0.05) is 39.3 Å². The summed E-state index contributed by atoms with van der Waals surface area (Å²) >= 11 is 0. The number of hydrogen-bond acceptors (Lipinski definition) is 5. The summed E-state index contributed by atoms with van der Waals surface area (Å²) in [5.41, 5.74) is 1.55. The molecule has 1 aromatic rings. The molecule has 0 spiro atoms. The van der Waals surface area contributed by atoms with Crippen molar-refractivity contribution in [3.63, 3.8) is 0 Å². The van der Waals surface area contributed by atoms with E-state index in [0.29, 0.717) is 12.0 Å². The third-order valence-electron chi connectivity index (χ3n) is 6.63. The van der Waals surface area contributed by atoms with Crippen LogP contribution in [0, 0.1) is 5.92 Å². The van der Waals surface area contributed by atoms with Crippen molar-refractivity contribution in [2.24, 2.45) is 5.92 Å². The van der Waals surface area contributed by atoms with Gasteiger partial charge < -0.3 is 19.4 Å². The molecule has 2 fully saturated rings. The van der Waals surface area contributed by atoms with Crippen LogP contribution in [-0.4, -0.2) is 72.0 Å². The second-order valence-corrected chi connectivity index (χ2v) is 8.72. The predicted octanol–water partition coefficient (Wildman–Crippen LogP) is 2.86. The van der Waals surface area contributed by atoms with Gasteiger partial charge in [-0.15, -0.1) is 0 Å². The molecule has 2 atom stereocenters. The SMILES string of the molecule is CC/C=C(\CCC)N1CCC([C@H]2COC(OC)CN2C/C=c2/nc[nH]/c2=C/CC)CC1. The predicted molar refractivity (Wildman–Crippen MR) is 127 cm³/mol. The molecule has 1 unspecified atom stereocenters. The van der Waals surface area contributed by atoms with Gasteiger partial charge in [0.15, 0.2) is 6.29 Å². The van der Waals surface area contributed by atoms with Crippen molar-refractivity contribution in [3.8, 4) is 0 Å². The largest absolute Gasteiger partial charge is 0.375 e. The number of aromatic nitrogens is 2. The van der Waals surface area contributed by atoms with Crippen LogP contribution >= 0.6 is 0 Å². The molecule has 3 heterocycles. The molecule has 6 heteroatoms. The number of allylic oxidation sites excluding steroid dienone is 2. The average molecular weight is 431 g/mol. The first kappa shape index (κ1) is 24.0. The van der Waals surface area contributed by atoms with Crippen molar-refractivity contribution in [1.82, 2.24) is 19.8 Å². The Morgan fingerprint density at radius 3 is 2.71 bits per heavy atom. The maximum absolute atomic E-state index is 6.04. The molecular weight excluding hydrogens is 388 g/mol. The third-order valence-corrected chi connectivity index (χ3v) is 6.63. The summed E-state index contributed by atoms with van der Waals surface area (Å²) in [5, 5.41) is 2.17. The van der Waals surface area contributed by atoms with Crippen molar-refractivity contribution < 1.29 is 9.47 Å². The summed E-state index contributed by atoms with van der Waals surface area (Å²) < 4.78 is 11.6. The van der Waals surface area contributed by atoms with Gasteiger partial charge in [-0.25, -0.2) is 4.98 Å². The molecular formula is C25H42N4O2. The lowest BCUT2D eigenvalue weighted by Crippen LogP contribution is -2.55. The van der Waals surface area contributed by atoms with Gasteiger partial charge in [0.25, 0.3) is 0 Å². The van der Waals surface area contributed by atoms with E-state index in [4.69, 9.17) is 9.47 Å².